The van der Waals surface area contributed by atoms with Gasteiger partial charge in [-0.1, -0.05) is 23.9 Å². The number of hydrogen-bond donors (Lipinski definition) is 0. The van der Waals surface area contributed by atoms with Gasteiger partial charge in [0.2, 0.25) is 0 Å². The van der Waals surface area contributed by atoms with E-state index in [0.717, 1.165) is 40.1 Å². The third-order valence-electron chi connectivity index (χ3n) is 4.02. The van der Waals surface area contributed by atoms with Crippen molar-refractivity contribution < 1.29 is 13.2 Å². The largest absolute Gasteiger partial charge is 0.416 e. The molecule has 0 aliphatic rings. The van der Waals surface area contributed by atoms with Crippen molar-refractivity contribution in [2.24, 2.45) is 0 Å². The molecule has 0 unspecified atom stereocenters. The topological polar surface area (TPSA) is 56.0 Å². The van der Waals surface area contributed by atoms with Crippen molar-refractivity contribution in [3.63, 3.8) is 0 Å². The zero-order chi connectivity index (χ0) is 19.9. The summed E-state index contributed by atoms with van der Waals surface area (Å²) in [6.45, 7) is 3.81. The average Bonchev–Trinajstić information content (AvgIpc) is 3.26. The maximum Gasteiger partial charge on any atom is 0.416 e. The number of nitrogens with zero attached hydrogens (tertiary/aromatic N) is 5. The van der Waals surface area contributed by atoms with Crippen molar-refractivity contribution in [2.45, 2.75) is 30.9 Å². The molecule has 3 heterocycles. The van der Waals surface area contributed by atoms with Gasteiger partial charge in [-0.2, -0.15) is 13.2 Å². The minimum Gasteiger partial charge on any atom is -0.258 e. The highest BCUT2D eigenvalue weighted by Crippen LogP contribution is 2.32. The first-order valence-corrected chi connectivity index (χ1v) is 10.1. The Morgan fingerprint density at radius 2 is 1.82 bits per heavy atom. The van der Waals surface area contributed by atoms with Gasteiger partial charge in [-0.25, -0.2) is 9.97 Å². The molecule has 0 saturated heterocycles. The number of thioether (sulfide) groups is 1. The minimum absolute atomic E-state index is 0.575. The summed E-state index contributed by atoms with van der Waals surface area (Å²) < 4.78 is 40.0. The van der Waals surface area contributed by atoms with Gasteiger partial charge in [-0.15, -0.1) is 21.5 Å². The summed E-state index contributed by atoms with van der Waals surface area (Å²) >= 11 is 2.89. The SMILES string of the molecule is Cc1cc2nnc(SCc3csc(-c4ccc(C(F)(F)F)cc4)n3)n2c(C)n1. The van der Waals surface area contributed by atoms with E-state index in [0.29, 0.717) is 16.3 Å². The molecule has 3 aromatic heterocycles. The van der Waals surface area contributed by atoms with Crippen molar-refractivity contribution in [1.29, 1.82) is 0 Å². The summed E-state index contributed by atoms with van der Waals surface area (Å²) in [4.78, 5) is 8.97. The Morgan fingerprint density at radius 1 is 1.07 bits per heavy atom. The molecule has 144 valence electrons. The molecule has 0 aliphatic heterocycles. The van der Waals surface area contributed by atoms with Crippen LogP contribution in [-0.4, -0.2) is 24.6 Å². The molecule has 0 aliphatic carbocycles. The van der Waals surface area contributed by atoms with Gasteiger partial charge in [0.15, 0.2) is 10.8 Å². The molecule has 28 heavy (non-hydrogen) atoms. The van der Waals surface area contributed by atoms with E-state index in [2.05, 4.69) is 20.2 Å². The van der Waals surface area contributed by atoms with E-state index in [1.54, 1.807) is 0 Å². The van der Waals surface area contributed by atoms with Crippen LogP contribution in [0.25, 0.3) is 16.2 Å². The first-order valence-electron chi connectivity index (χ1n) is 8.25. The summed E-state index contributed by atoms with van der Waals surface area (Å²) in [5.41, 5.74) is 2.46. The lowest BCUT2D eigenvalue weighted by molar-refractivity contribution is -0.137. The van der Waals surface area contributed by atoms with Gasteiger partial charge in [0.05, 0.1) is 11.3 Å². The summed E-state index contributed by atoms with van der Waals surface area (Å²) in [5, 5.41) is 11.7. The Balaban J connectivity index is 1.50. The zero-order valence-corrected chi connectivity index (χ0v) is 16.5. The van der Waals surface area contributed by atoms with Crippen molar-refractivity contribution in [3.8, 4) is 10.6 Å². The van der Waals surface area contributed by atoms with Crippen LogP contribution in [0.3, 0.4) is 0 Å². The molecule has 4 aromatic rings. The first-order chi connectivity index (χ1) is 13.3. The molecule has 0 bridgehead atoms. The van der Waals surface area contributed by atoms with Crippen molar-refractivity contribution in [1.82, 2.24) is 24.6 Å². The molecule has 5 nitrogen and oxygen atoms in total. The molecule has 4 rings (SSSR count). The number of fused-ring (bicyclic) bond motifs is 1. The second-order valence-electron chi connectivity index (χ2n) is 6.13. The maximum atomic E-state index is 12.7. The second-order valence-corrected chi connectivity index (χ2v) is 7.93. The quantitative estimate of drug-likeness (QED) is 0.425. The molecule has 0 amide bonds. The van der Waals surface area contributed by atoms with Crippen LogP contribution in [0.1, 0.15) is 22.8 Å². The Kier molecular flexibility index (Phi) is 4.84. The van der Waals surface area contributed by atoms with E-state index in [4.69, 9.17) is 0 Å². The van der Waals surface area contributed by atoms with Crippen molar-refractivity contribution in [3.05, 3.63) is 58.5 Å². The molecular weight excluding hydrogens is 407 g/mol. The normalized spacial score (nSPS) is 12.0. The summed E-state index contributed by atoms with van der Waals surface area (Å²) in [5.74, 6) is 1.39. The molecular formula is C18H14F3N5S2. The van der Waals surface area contributed by atoms with Gasteiger partial charge < -0.3 is 0 Å². The Morgan fingerprint density at radius 3 is 2.54 bits per heavy atom. The van der Waals surface area contributed by atoms with E-state index >= 15 is 0 Å². The fourth-order valence-electron chi connectivity index (χ4n) is 2.74. The van der Waals surface area contributed by atoms with Crippen LogP contribution in [0.5, 0.6) is 0 Å². The standard InChI is InChI=1S/C18H14F3N5S2/c1-10-7-15-24-25-17(26(15)11(2)22-10)28-9-14-8-27-16(23-14)12-3-5-13(6-4-12)18(19,20)21/h3-8H,9H2,1-2H3. The van der Waals surface area contributed by atoms with Crippen LogP contribution < -0.4 is 0 Å². The number of rotatable bonds is 4. The summed E-state index contributed by atoms with van der Waals surface area (Å²) in [7, 11) is 0. The number of aromatic nitrogens is 5. The monoisotopic (exact) mass is 421 g/mol. The maximum absolute atomic E-state index is 12.7. The van der Waals surface area contributed by atoms with Gasteiger partial charge in [0, 0.05) is 28.5 Å². The third kappa shape index (κ3) is 3.74. The van der Waals surface area contributed by atoms with Crippen LogP contribution in [0.2, 0.25) is 0 Å². The van der Waals surface area contributed by atoms with E-state index < -0.39 is 11.7 Å². The summed E-state index contributed by atoms with van der Waals surface area (Å²) in [6, 6.07) is 6.91. The summed E-state index contributed by atoms with van der Waals surface area (Å²) in [6.07, 6.45) is -4.34. The molecule has 0 radical (unpaired) electrons. The molecule has 0 spiro atoms. The fourth-order valence-corrected chi connectivity index (χ4v) is 4.55. The molecule has 0 fully saturated rings. The first kappa shape index (κ1) is 18.9. The molecule has 1 aromatic carbocycles. The predicted molar refractivity (Wildman–Crippen MR) is 102 cm³/mol. The number of alkyl halides is 3. The van der Waals surface area contributed by atoms with E-state index in [9.17, 15) is 13.2 Å². The van der Waals surface area contributed by atoms with Gasteiger partial charge in [0.1, 0.15) is 10.8 Å². The lowest BCUT2D eigenvalue weighted by Crippen LogP contribution is -2.03. The van der Waals surface area contributed by atoms with Gasteiger partial charge >= 0.3 is 6.18 Å². The van der Waals surface area contributed by atoms with Gasteiger partial charge in [-0.05, 0) is 26.0 Å². The number of hydrogen-bond acceptors (Lipinski definition) is 6. The lowest BCUT2D eigenvalue weighted by atomic mass is 10.1. The van der Waals surface area contributed by atoms with Gasteiger partial charge in [0.25, 0.3) is 0 Å². The number of aryl methyl sites for hydroxylation is 2. The Hall–Kier alpha value is -2.46. The average molecular weight is 421 g/mol. The number of benzene rings is 1. The van der Waals surface area contributed by atoms with Crippen molar-refractivity contribution >= 4 is 28.7 Å². The molecule has 0 atom stereocenters. The minimum atomic E-state index is -4.34. The van der Waals surface area contributed by atoms with Crippen molar-refractivity contribution in [2.75, 3.05) is 0 Å². The molecule has 0 N–H and O–H groups in total. The van der Waals surface area contributed by atoms with Crippen LogP contribution >= 0.6 is 23.1 Å². The highest BCUT2D eigenvalue weighted by Gasteiger charge is 2.30. The molecule has 0 saturated carbocycles. The fraction of sp³-hybridized carbons (Fsp3) is 0.222. The highest BCUT2D eigenvalue weighted by molar-refractivity contribution is 7.98. The van der Waals surface area contributed by atoms with E-state index in [1.165, 1.54) is 35.2 Å². The zero-order valence-electron chi connectivity index (χ0n) is 14.9. The van der Waals surface area contributed by atoms with Crippen LogP contribution in [0, 0.1) is 13.8 Å². The Labute approximate surface area is 166 Å². The Bertz CT molecular complexity index is 1130. The van der Waals surface area contributed by atoms with Crippen LogP contribution in [0.4, 0.5) is 13.2 Å². The van der Waals surface area contributed by atoms with E-state index in [1.807, 2.05) is 29.7 Å². The van der Waals surface area contributed by atoms with Gasteiger partial charge in [-0.3, -0.25) is 4.40 Å². The second kappa shape index (κ2) is 7.17. The number of halogens is 3. The molecule has 10 heteroatoms. The van der Waals surface area contributed by atoms with Crippen LogP contribution in [0.15, 0.2) is 40.9 Å². The smallest absolute Gasteiger partial charge is 0.258 e. The predicted octanol–water partition coefficient (Wildman–Crippen LogP) is 5.18. The van der Waals surface area contributed by atoms with Crippen LogP contribution in [-0.2, 0) is 11.9 Å². The third-order valence-corrected chi connectivity index (χ3v) is 5.92. The van der Waals surface area contributed by atoms with E-state index in [-0.39, 0.29) is 0 Å². The lowest BCUT2D eigenvalue weighted by Gasteiger charge is -2.06. The number of thiazole rings is 1. The highest BCUT2D eigenvalue weighted by atomic mass is 32.2.